The van der Waals surface area contributed by atoms with Crippen LogP contribution in [0.15, 0.2) is 30.3 Å². The summed E-state index contributed by atoms with van der Waals surface area (Å²) in [5.41, 5.74) is 2.51. The number of phenolic OH excluding ortho intramolecular Hbond substituents is 1. The Morgan fingerprint density at radius 1 is 0.923 bits per heavy atom. The highest BCUT2D eigenvalue weighted by Gasteiger charge is 2.29. The van der Waals surface area contributed by atoms with Gasteiger partial charge in [0, 0.05) is 16.7 Å². The van der Waals surface area contributed by atoms with E-state index in [1.807, 2.05) is 6.08 Å². The molecule has 2 aromatic rings. The van der Waals surface area contributed by atoms with E-state index in [4.69, 9.17) is 18.9 Å². The summed E-state index contributed by atoms with van der Waals surface area (Å²) in [5, 5.41) is 9.96. The molecule has 0 unspecified atom stereocenters. The summed E-state index contributed by atoms with van der Waals surface area (Å²) < 4.78 is 21.3. The Balaban J connectivity index is 2.06. The normalized spacial score (nSPS) is 12.2. The number of hydrogen-bond donors (Lipinski definition) is 1. The smallest absolute Gasteiger partial charge is 0.203 e. The molecule has 0 atom stereocenters. The van der Waals surface area contributed by atoms with Crippen LogP contribution in [0.1, 0.15) is 21.5 Å². The van der Waals surface area contributed by atoms with Gasteiger partial charge in [0.25, 0.3) is 0 Å². The number of carbonyl (C=O) groups is 1. The lowest BCUT2D eigenvalue weighted by Gasteiger charge is -2.17. The molecule has 0 amide bonds. The van der Waals surface area contributed by atoms with Crippen molar-refractivity contribution < 1.29 is 28.8 Å². The number of Topliss-reactive ketones (excluding diaryl/α,β-unsaturated/α-hetero) is 1. The monoisotopic (exact) mass is 356 g/mol. The molecule has 1 N–H and O–H groups in total. The molecular formula is C20H20O6. The Bertz CT molecular complexity index is 898. The number of fused-ring (bicyclic) bond motifs is 1. The van der Waals surface area contributed by atoms with Crippen molar-refractivity contribution in [3.63, 3.8) is 0 Å². The highest BCUT2D eigenvalue weighted by molar-refractivity contribution is 6.30. The van der Waals surface area contributed by atoms with Crippen LogP contribution in [0.2, 0.25) is 0 Å². The average Bonchev–Trinajstić information content (AvgIpc) is 3.09. The molecule has 0 fully saturated rings. The fourth-order valence-electron chi connectivity index (χ4n) is 3.17. The van der Waals surface area contributed by atoms with Crippen LogP contribution in [0.25, 0.3) is 5.57 Å². The van der Waals surface area contributed by atoms with Gasteiger partial charge in [-0.2, -0.15) is 0 Å². The number of ketones is 1. The van der Waals surface area contributed by atoms with E-state index in [0.29, 0.717) is 40.6 Å². The van der Waals surface area contributed by atoms with Gasteiger partial charge in [0.15, 0.2) is 28.8 Å². The second-order valence-corrected chi connectivity index (χ2v) is 5.71. The van der Waals surface area contributed by atoms with Gasteiger partial charge in [0.05, 0.1) is 28.4 Å². The number of phenols is 1. The topological polar surface area (TPSA) is 74.2 Å². The third-order valence-electron chi connectivity index (χ3n) is 4.42. The molecule has 1 aliphatic rings. The number of ether oxygens (including phenoxy) is 4. The number of aromatic hydroxyl groups is 1. The Labute approximate surface area is 151 Å². The van der Waals surface area contributed by atoms with Gasteiger partial charge in [0.1, 0.15) is 0 Å². The second kappa shape index (κ2) is 7.00. The summed E-state index contributed by atoms with van der Waals surface area (Å²) in [4.78, 5) is 13.0. The van der Waals surface area contributed by atoms with E-state index in [-0.39, 0.29) is 11.5 Å². The summed E-state index contributed by atoms with van der Waals surface area (Å²) in [6, 6.07) is 6.36. The van der Waals surface area contributed by atoms with Crippen LogP contribution in [0.5, 0.6) is 28.7 Å². The van der Waals surface area contributed by atoms with Crippen molar-refractivity contribution in [3.05, 3.63) is 47.0 Å². The van der Waals surface area contributed by atoms with E-state index in [2.05, 4.69) is 0 Å². The van der Waals surface area contributed by atoms with Crippen LogP contribution in [-0.2, 0) is 6.42 Å². The van der Waals surface area contributed by atoms with Gasteiger partial charge in [-0.15, -0.1) is 0 Å². The first kappa shape index (κ1) is 17.7. The van der Waals surface area contributed by atoms with Crippen molar-refractivity contribution in [2.45, 2.75) is 6.42 Å². The van der Waals surface area contributed by atoms with Crippen LogP contribution in [0, 0.1) is 0 Å². The molecule has 0 saturated carbocycles. The Kier molecular flexibility index (Phi) is 4.75. The molecule has 136 valence electrons. The summed E-state index contributed by atoms with van der Waals surface area (Å²) in [7, 11) is 6.09. The molecular weight excluding hydrogens is 336 g/mol. The molecule has 2 aromatic carbocycles. The van der Waals surface area contributed by atoms with Crippen molar-refractivity contribution in [3.8, 4) is 28.7 Å². The molecule has 0 spiro atoms. The highest BCUT2D eigenvalue weighted by atomic mass is 16.5. The van der Waals surface area contributed by atoms with Crippen molar-refractivity contribution in [1.29, 1.82) is 0 Å². The molecule has 0 heterocycles. The van der Waals surface area contributed by atoms with Crippen LogP contribution >= 0.6 is 0 Å². The van der Waals surface area contributed by atoms with E-state index in [1.54, 1.807) is 32.4 Å². The van der Waals surface area contributed by atoms with Crippen molar-refractivity contribution in [1.82, 2.24) is 0 Å². The number of benzene rings is 2. The van der Waals surface area contributed by atoms with Gasteiger partial charge < -0.3 is 24.1 Å². The SMILES string of the molecule is COc1ccc(C(=O)C2=CCc3c2cc(OC)c(OC)c3OC)cc1O. The van der Waals surface area contributed by atoms with E-state index in [1.165, 1.54) is 20.3 Å². The maximum Gasteiger partial charge on any atom is 0.203 e. The quantitative estimate of drug-likeness (QED) is 0.801. The van der Waals surface area contributed by atoms with Crippen molar-refractivity contribution in [2.75, 3.05) is 28.4 Å². The number of methoxy groups -OCH3 is 4. The Morgan fingerprint density at radius 2 is 1.62 bits per heavy atom. The number of hydrogen-bond acceptors (Lipinski definition) is 6. The molecule has 3 rings (SSSR count). The van der Waals surface area contributed by atoms with Crippen LogP contribution < -0.4 is 18.9 Å². The lowest BCUT2D eigenvalue weighted by molar-refractivity contribution is 0.105. The molecule has 6 heteroatoms. The second-order valence-electron chi connectivity index (χ2n) is 5.71. The first-order valence-electron chi connectivity index (χ1n) is 7.99. The Hall–Kier alpha value is -3.15. The fourth-order valence-corrected chi connectivity index (χ4v) is 3.17. The zero-order valence-electron chi connectivity index (χ0n) is 15.1. The maximum absolute atomic E-state index is 13.0. The van der Waals surface area contributed by atoms with Gasteiger partial charge in [-0.3, -0.25) is 4.79 Å². The zero-order valence-corrected chi connectivity index (χ0v) is 15.1. The number of carbonyl (C=O) groups excluding carboxylic acids is 1. The van der Waals surface area contributed by atoms with Gasteiger partial charge in [-0.25, -0.2) is 0 Å². The van der Waals surface area contributed by atoms with Crippen LogP contribution in [0.4, 0.5) is 0 Å². The summed E-state index contributed by atoms with van der Waals surface area (Å²) >= 11 is 0. The van der Waals surface area contributed by atoms with Gasteiger partial charge in [-0.05, 0) is 36.2 Å². The summed E-state index contributed by atoms with van der Waals surface area (Å²) in [5.74, 6) is 1.58. The van der Waals surface area contributed by atoms with Gasteiger partial charge in [0.2, 0.25) is 5.75 Å². The molecule has 0 aliphatic heterocycles. The van der Waals surface area contributed by atoms with Crippen LogP contribution in [-0.4, -0.2) is 39.3 Å². The minimum Gasteiger partial charge on any atom is -0.504 e. The van der Waals surface area contributed by atoms with Gasteiger partial charge >= 0.3 is 0 Å². The predicted molar refractivity (Wildman–Crippen MR) is 96.8 cm³/mol. The highest BCUT2D eigenvalue weighted by Crippen LogP contribution is 2.47. The minimum absolute atomic E-state index is 0.0814. The molecule has 0 radical (unpaired) electrons. The first-order valence-corrected chi connectivity index (χ1v) is 7.99. The third-order valence-corrected chi connectivity index (χ3v) is 4.42. The Morgan fingerprint density at radius 3 is 2.19 bits per heavy atom. The van der Waals surface area contributed by atoms with Crippen LogP contribution in [0.3, 0.4) is 0 Å². The predicted octanol–water partition coefficient (Wildman–Crippen LogP) is 3.25. The van der Waals surface area contributed by atoms with E-state index in [9.17, 15) is 9.90 Å². The van der Waals surface area contributed by atoms with E-state index in [0.717, 1.165) is 11.1 Å². The number of rotatable bonds is 6. The van der Waals surface area contributed by atoms with E-state index < -0.39 is 0 Å². The first-order chi connectivity index (χ1) is 12.5. The van der Waals surface area contributed by atoms with Gasteiger partial charge in [-0.1, -0.05) is 6.08 Å². The van der Waals surface area contributed by atoms with Crippen molar-refractivity contribution in [2.24, 2.45) is 0 Å². The molecule has 6 nitrogen and oxygen atoms in total. The lowest BCUT2D eigenvalue weighted by Crippen LogP contribution is -2.04. The molecule has 0 saturated heterocycles. The standard InChI is InChI=1S/C20H20O6/c1-23-16-8-5-11(9-15(16)21)18(22)12-6-7-13-14(12)10-17(24-2)20(26-4)19(13)25-3/h5-6,8-10,21H,7H2,1-4H3. The maximum atomic E-state index is 13.0. The van der Waals surface area contributed by atoms with Crippen molar-refractivity contribution >= 4 is 11.4 Å². The average molecular weight is 356 g/mol. The molecule has 1 aliphatic carbocycles. The van der Waals surface area contributed by atoms with E-state index >= 15 is 0 Å². The number of allylic oxidation sites excluding steroid dienone is 2. The minimum atomic E-state index is -0.198. The molecule has 0 bridgehead atoms. The summed E-state index contributed by atoms with van der Waals surface area (Å²) in [6.07, 6.45) is 2.39. The molecule has 26 heavy (non-hydrogen) atoms. The largest absolute Gasteiger partial charge is 0.504 e. The lowest BCUT2D eigenvalue weighted by atomic mass is 9.96. The zero-order chi connectivity index (χ0) is 18.8. The third kappa shape index (κ3) is 2.73. The summed E-state index contributed by atoms with van der Waals surface area (Å²) in [6.45, 7) is 0. The fraction of sp³-hybridized carbons (Fsp3) is 0.250. The molecule has 0 aromatic heterocycles.